The molecule has 0 bridgehead atoms. The Morgan fingerprint density at radius 2 is 0.655 bits per heavy atom. The summed E-state index contributed by atoms with van der Waals surface area (Å²) in [6.07, 6.45) is 90.1. The van der Waals surface area contributed by atoms with Crippen LogP contribution in [0.1, 0.15) is 373 Å². The average Bonchev–Trinajstić information content (AvgIpc) is 3.56. The van der Waals surface area contributed by atoms with Gasteiger partial charge in [0, 0.05) is 6.42 Å². The number of amides is 1. The Balaban J connectivity index is 4.02. The third kappa shape index (κ3) is 68.0. The van der Waals surface area contributed by atoms with Crippen molar-refractivity contribution in [2.24, 2.45) is 0 Å². The molecule has 0 spiro atoms. The highest BCUT2D eigenvalue weighted by atomic mass is 31.2. The molecule has 0 aromatic heterocycles. The highest BCUT2D eigenvalue weighted by molar-refractivity contribution is 7.47. The maximum atomic E-state index is 13.1. The monoisotopic (exact) mass is 1200 g/mol. The molecule has 1 amide bonds. The van der Waals surface area contributed by atoms with Crippen molar-refractivity contribution >= 4 is 13.7 Å². The molecule has 9 heteroatoms. The molecule has 3 atom stereocenters. The number of hydrogen-bond acceptors (Lipinski definition) is 5. The highest BCUT2D eigenvalue weighted by Crippen LogP contribution is 2.43. The van der Waals surface area contributed by atoms with Crippen molar-refractivity contribution in [3.05, 3.63) is 48.6 Å². The molecule has 0 saturated carbocycles. The molecular formula is C75H146N2O6P+. The molecule has 84 heavy (non-hydrogen) atoms. The number of phosphoric acid groups is 1. The van der Waals surface area contributed by atoms with Gasteiger partial charge in [-0.25, -0.2) is 4.57 Å². The van der Waals surface area contributed by atoms with Gasteiger partial charge in [0.2, 0.25) is 5.91 Å². The molecular weight excluding hydrogens is 1060 g/mol. The number of rotatable bonds is 69. The Kier molecular flexibility index (Phi) is 64.7. The largest absolute Gasteiger partial charge is 0.472 e. The number of likely N-dealkylation sites (N-methyl/N-ethyl adjacent to an activating group) is 1. The summed E-state index contributed by atoms with van der Waals surface area (Å²) in [5, 5.41) is 14.0. The number of carbonyl (C=O) groups is 1. The molecule has 0 fully saturated rings. The van der Waals surface area contributed by atoms with E-state index >= 15 is 0 Å². The summed E-state index contributed by atoms with van der Waals surface area (Å²) in [6.45, 7) is 4.84. The number of aliphatic hydroxyl groups excluding tert-OH is 1. The third-order valence-corrected chi connectivity index (χ3v) is 18.0. The summed E-state index contributed by atoms with van der Waals surface area (Å²) < 4.78 is 23.8. The average molecular weight is 1200 g/mol. The van der Waals surface area contributed by atoms with Gasteiger partial charge in [0.25, 0.3) is 0 Å². The Bertz CT molecular complexity index is 1510. The van der Waals surface area contributed by atoms with Crippen LogP contribution in [0.4, 0.5) is 0 Å². The summed E-state index contributed by atoms with van der Waals surface area (Å²) in [4.78, 5) is 23.4. The number of quaternary nitrogens is 1. The number of nitrogens with zero attached hydrogens (tertiary/aromatic N) is 1. The molecule has 0 rings (SSSR count). The molecule has 8 nitrogen and oxygen atoms in total. The van der Waals surface area contributed by atoms with Gasteiger partial charge < -0.3 is 19.8 Å². The lowest BCUT2D eigenvalue weighted by molar-refractivity contribution is -0.870. The van der Waals surface area contributed by atoms with Crippen LogP contribution in [0.2, 0.25) is 0 Å². The van der Waals surface area contributed by atoms with Crippen LogP contribution < -0.4 is 5.32 Å². The zero-order chi connectivity index (χ0) is 61.2. The normalized spacial score (nSPS) is 13.8. The number of phosphoric ester groups is 1. The second-order valence-corrected chi connectivity index (χ2v) is 28.1. The summed E-state index contributed by atoms with van der Waals surface area (Å²) in [7, 11) is 1.56. The molecule has 0 aromatic rings. The van der Waals surface area contributed by atoms with Crippen LogP contribution in [-0.4, -0.2) is 73.4 Å². The Morgan fingerprint density at radius 1 is 0.393 bits per heavy atom. The second-order valence-electron chi connectivity index (χ2n) is 26.7. The van der Waals surface area contributed by atoms with Crippen LogP contribution in [0.25, 0.3) is 0 Å². The molecule has 496 valence electrons. The number of unbranched alkanes of at least 4 members (excludes halogenated alkanes) is 50. The van der Waals surface area contributed by atoms with E-state index in [0.29, 0.717) is 17.4 Å². The zero-order valence-corrected chi connectivity index (χ0v) is 57.8. The minimum Gasteiger partial charge on any atom is -0.387 e. The van der Waals surface area contributed by atoms with Gasteiger partial charge in [0.15, 0.2) is 0 Å². The van der Waals surface area contributed by atoms with E-state index in [9.17, 15) is 19.4 Å². The van der Waals surface area contributed by atoms with Crippen molar-refractivity contribution in [1.29, 1.82) is 0 Å². The lowest BCUT2D eigenvalue weighted by atomic mass is 10.0. The molecule has 0 aliphatic heterocycles. The van der Waals surface area contributed by atoms with Crippen LogP contribution in [0.15, 0.2) is 48.6 Å². The maximum Gasteiger partial charge on any atom is 0.472 e. The first-order valence-electron chi connectivity index (χ1n) is 37.0. The minimum atomic E-state index is -4.37. The van der Waals surface area contributed by atoms with E-state index < -0.39 is 20.0 Å². The first-order chi connectivity index (χ1) is 41.0. The van der Waals surface area contributed by atoms with Crippen LogP contribution in [0.5, 0.6) is 0 Å². The molecule has 0 saturated heterocycles. The van der Waals surface area contributed by atoms with Gasteiger partial charge in [-0.1, -0.05) is 345 Å². The SMILES string of the molecule is CCCCCCCCCCCCCCCCC/C=C/CC/C=C/CC/C=C/C(O)C(COP(=O)(O)OCC[N+](C)(C)C)NC(=O)CCCCCCCCCCCCCCCCCCC/C=C\CCCCCCCCCCCCCCCCCC. The molecule has 3 N–H and O–H groups in total. The van der Waals surface area contributed by atoms with E-state index in [2.05, 4.69) is 55.6 Å². The maximum absolute atomic E-state index is 13.1. The molecule has 0 heterocycles. The van der Waals surface area contributed by atoms with Gasteiger partial charge in [-0.2, -0.15) is 0 Å². The number of carbonyl (C=O) groups excluding carboxylic acids is 1. The van der Waals surface area contributed by atoms with E-state index in [1.807, 2.05) is 27.2 Å². The van der Waals surface area contributed by atoms with E-state index in [0.717, 1.165) is 44.9 Å². The van der Waals surface area contributed by atoms with Crippen LogP contribution in [0.3, 0.4) is 0 Å². The smallest absolute Gasteiger partial charge is 0.387 e. The fraction of sp³-hybridized carbons (Fsp3) is 0.880. The highest BCUT2D eigenvalue weighted by Gasteiger charge is 2.28. The van der Waals surface area contributed by atoms with Crippen molar-refractivity contribution in [3.63, 3.8) is 0 Å². The summed E-state index contributed by atoms with van der Waals surface area (Å²) >= 11 is 0. The summed E-state index contributed by atoms with van der Waals surface area (Å²) in [6, 6.07) is -0.871. The minimum absolute atomic E-state index is 0.0542. The molecule has 3 unspecified atom stereocenters. The Morgan fingerprint density at radius 3 is 0.952 bits per heavy atom. The van der Waals surface area contributed by atoms with Gasteiger partial charge in [0.05, 0.1) is 39.9 Å². The van der Waals surface area contributed by atoms with E-state index in [1.165, 1.54) is 308 Å². The number of nitrogens with one attached hydrogen (secondary N) is 1. The third-order valence-electron chi connectivity index (χ3n) is 17.0. The topological polar surface area (TPSA) is 105 Å². The van der Waals surface area contributed by atoms with Gasteiger partial charge in [0.1, 0.15) is 13.2 Å². The van der Waals surface area contributed by atoms with Gasteiger partial charge in [-0.3, -0.25) is 13.8 Å². The Labute approximate surface area is 524 Å². The van der Waals surface area contributed by atoms with Gasteiger partial charge >= 0.3 is 7.82 Å². The first kappa shape index (κ1) is 82.5. The first-order valence-corrected chi connectivity index (χ1v) is 38.5. The lowest BCUT2D eigenvalue weighted by Crippen LogP contribution is -2.45. The summed E-state index contributed by atoms with van der Waals surface area (Å²) in [5.74, 6) is -0.185. The number of allylic oxidation sites excluding steroid dienone is 7. The Hall–Kier alpha value is -1.54. The zero-order valence-electron chi connectivity index (χ0n) is 56.9. The number of hydrogen-bond donors (Lipinski definition) is 3. The predicted octanol–water partition coefficient (Wildman–Crippen LogP) is 23.8. The van der Waals surface area contributed by atoms with E-state index in [1.54, 1.807) is 6.08 Å². The fourth-order valence-electron chi connectivity index (χ4n) is 11.3. The van der Waals surface area contributed by atoms with E-state index in [4.69, 9.17) is 9.05 Å². The van der Waals surface area contributed by atoms with Gasteiger partial charge in [-0.15, -0.1) is 0 Å². The van der Waals surface area contributed by atoms with Gasteiger partial charge in [-0.05, 0) is 70.6 Å². The van der Waals surface area contributed by atoms with E-state index in [-0.39, 0.29) is 19.1 Å². The van der Waals surface area contributed by atoms with Crippen molar-refractivity contribution in [2.75, 3.05) is 40.9 Å². The molecule has 0 aliphatic carbocycles. The number of aliphatic hydroxyl groups is 1. The fourth-order valence-corrected chi connectivity index (χ4v) is 12.0. The van der Waals surface area contributed by atoms with Crippen LogP contribution in [0, 0.1) is 0 Å². The van der Waals surface area contributed by atoms with Crippen LogP contribution >= 0.6 is 7.82 Å². The quantitative estimate of drug-likeness (QED) is 0.0243. The van der Waals surface area contributed by atoms with Crippen molar-refractivity contribution in [3.8, 4) is 0 Å². The standard InChI is InChI=1S/C75H145N2O6P/c1-6-8-10-12-14-16-18-20-22-24-26-28-30-32-33-34-35-36-37-38-39-40-41-42-43-45-47-49-51-53-55-57-59-61-63-65-67-69-75(79)76-73(72-83-84(80,81)82-71-70-77(3,4)5)74(78)68-66-64-62-60-58-56-54-52-50-48-46-44-31-29-27-25-23-21-19-17-15-13-11-9-7-2/h36-37,50,52,58,60,66,68,73-74,78H,6-35,38-49,51,53-57,59,61-65,67,69-72H2,1-5H3,(H-,76,79,80,81)/p+1/b37-36-,52-50+,60-58+,68-66+. The predicted molar refractivity (Wildman–Crippen MR) is 369 cm³/mol. The lowest BCUT2D eigenvalue weighted by Gasteiger charge is -2.25. The van der Waals surface area contributed by atoms with Crippen molar-refractivity contribution in [2.45, 2.75) is 386 Å². The van der Waals surface area contributed by atoms with Crippen LogP contribution in [-0.2, 0) is 18.4 Å². The van der Waals surface area contributed by atoms with Crippen molar-refractivity contribution < 1.29 is 32.9 Å². The molecule has 0 aliphatic rings. The molecule has 0 aromatic carbocycles. The second kappa shape index (κ2) is 65.9. The molecule has 0 radical (unpaired) electrons. The van der Waals surface area contributed by atoms with Crippen molar-refractivity contribution in [1.82, 2.24) is 5.32 Å². The summed E-state index contributed by atoms with van der Waals surface area (Å²) in [5.41, 5.74) is 0.